The summed E-state index contributed by atoms with van der Waals surface area (Å²) in [6.45, 7) is 4.28. The Morgan fingerprint density at radius 1 is 1.33 bits per heavy atom. The predicted octanol–water partition coefficient (Wildman–Crippen LogP) is 4.19. The van der Waals surface area contributed by atoms with Crippen LogP contribution in [-0.2, 0) is 5.60 Å². The van der Waals surface area contributed by atoms with E-state index in [2.05, 4.69) is 13.8 Å². The Morgan fingerprint density at radius 3 is 2.53 bits per heavy atom. The van der Waals surface area contributed by atoms with Crippen LogP contribution >= 0.6 is 22.9 Å². The Kier molecular flexibility index (Phi) is 2.87. The molecule has 1 saturated carbocycles. The van der Waals surface area contributed by atoms with Crippen LogP contribution in [0.1, 0.15) is 44.4 Å². The minimum atomic E-state index is -0.726. The van der Waals surface area contributed by atoms with Gasteiger partial charge < -0.3 is 5.11 Å². The zero-order valence-corrected chi connectivity index (χ0v) is 10.8. The smallest absolute Gasteiger partial charge is 0.105 e. The molecule has 1 aliphatic rings. The van der Waals surface area contributed by atoms with Gasteiger partial charge in [-0.1, -0.05) is 38.3 Å². The zero-order chi connectivity index (χ0) is 11.1. The Labute approximate surface area is 100 Å². The van der Waals surface area contributed by atoms with Crippen molar-refractivity contribution in [1.29, 1.82) is 0 Å². The monoisotopic (exact) mass is 244 g/mol. The third-order valence-corrected chi connectivity index (χ3v) is 5.20. The summed E-state index contributed by atoms with van der Waals surface area (Å²) in [5.74, 6) is 0. The molecule has 1 N–H and O–H groups in total. The van der Waals surface area contributed by atoms with E-state index in [1.807, 2.05) is 11.4 Å². The van der Waals surface area contributed by atoms with Crippen molar-refractivity contribution in [2.24, 2.45) is 5.41 Å². The van der Waals surface area contributed by atoms with Crippen LogP contribution in [0.25, 0.3) is 0 Å². The van der Waals surface area contributed by atoms with Crippen molar-refractivity contribution in [3.05, 3.63) is 21.3 Å². The number of aliphatic hydroxyl groups is 1. The fourth-order valence-corrected chi connectivity index (χ4v) is 4.02. The van der Waals surface area contributed by atoms with Crippen molar-refractivity contribution >= 4 is 22.9 Å². The molecule has 1 fully saturated rings. The quantitative estimate of drug-likeness (QED) is 0.786. The van der Waals surface area contributed by atoms with Crippen molar-refractivity contribution < 1.29 is 5.11 Å². The molecule has 1 heterocycles. The van der Waals surface area contributed by atoms with Crippen molar-refractivity contribution in [1.82, 2.24) is 0 Å². The van der Waals surface area contributed by atoms with Crippen molar-refractivity contribution in [2.75, 3.05) is 0 Å². The fourth-order valence-electron chi connectivity index (χ4n) is 2.50. The van der Waals surface area contributed by atoms with E-state index in [9.17, 15) is 5.11 Å². The largest absolute Gasteiger partial charge is 0.384 e. The van der Waals surface area contributed by atoms with Gasteiger partial charge >= 0.3 is 0 Å². The van der Waals surface area contributed by atoms with Crippen LogP contribution < -0.4 is 0 Å². The van der Waals surface area contributed by atoms with Gasteiger partial charge in [0.05, 0.1) is 9.90 Å². The first-order valence-corrected chi connectivity index (χ1v) is 6.69. The van der Waals surface area contributed by atoms with Gasteiger partial charge in [-0.05, 0) is 29.7 Å². The van der Waals surface area contributed by atoms with Crippen LogP contribution in [0, 0.1) is 5.41 Å². The van der Waals surface area contributed by atoms with E-state index in [0.29, 0.717) is 0 Å². The lowest BCUT2D eigenvalue weighted by Crippen LogP contribution is -2.44. The van der Waals surface area contributed by atoms with Crippen LogP contribution in [-0.4, -0.2) is 5.11 Å². The number of hydrogen-bond acceptors (Lipinski definition) is 2. The normalized spacial score (nSPS) is 30.4. The molecule has 0 aliphatic heterocycles. The minimum absolute atomic E-state index is 0.0697. The molecule has 1 aliphatic carbocycles. The molecule has 84 valence electrons. The van der Waals surface area contributed by atoms with Crippen LogP contribution in [0.3, 0.4) is 0 Å². The third-order valence-electron chi connectivity index (χ3n) is 3.70. The predicted molar refractivity (Wildman–Crippen MR) is 65.5 cm³/mol. The van der Waals surface area contributed by atoms with Gasteiger partial charge in [0.1, 0.15) is 5.60 Å². The maximum atomic E-state index is 10.9. The van der Waals surface area contributed by atoms with E-state index < -0.39 is 5.60 Å². The van der Waals surface area contributed by atoms with Gasteiger partial charge in [-0.2, -0.15) is 0 Å². The molecule has 1 nitrogen and oxygen atoms in total. The number of rotatable bonds is 1. The van der Waals surface area contributed by atoms with Gasteiger partial charge in [-0.15, -0.1) is 11.3 Å². The summed E-state index contributed by atoms with van der Waals surface area (Å²) in [5.41, 5.74) is -0.795. The molecule has 0 spiro atoms. The molecule has 1 aromatic heterocycles. The molecule has 3 heteroatoms. The van der Waals surface area contributed by atoms with Crippen LogP contribution in [0.5, 0.6) is 0 Å². The Balaban J connectivity index is 2.44. The molecule has 1 aromatic rings. The highest BCUT2D eigenvalue weighted by Crippen LogP contribution is 2.53. The lowest BCUT2D eigenvalue weighted by molar-refractivity contribution is -0.101. The van der Waals surface area contributed by atoms with Crippen molar-refractivity contribution in [2.45, 2.75) is 45.1 Å². The van der Waals surface area contributed by atoms with E-state index in [0.717, 1.165) is 29.2 Å². The van der Waals surface area contributed by atoms with Gasteiger partial charge in [-0.3, -0.25) is 0 Å². The first kappa shape index (κ1) is 11.4. The number of hydrogen-bond donors (Lipinski definition) is 1. The maximum absolute atomic E-state index is 10.9. The van der Waals surface area contributed by atoms with Gasteiger partial charge in [0.2, 0.25) is 0 Å². The molecular weight excluding hydrogens is 228 g/mol. The maximum Gasteiger partial charge on any atom is 0.105 e. The molecule has 0 saturated heterocycles. The zero-order valence-electron chi connectivity index (χ0n) is 9.22. The van der Waals surface area contributed by atoms with Gasteiger partial charge in [0, 0.05) is 0 Å². The average Bonchev–Trinajstić information content (AvgIpc) is 2.57. The van der Waals surface area contributed by atoms with E-state index >= 15 is 0 Å². The highest BCUT2D eigenvalue weighted by Gasteiger charge is 2.48. The molecule has 0 aromatic carbocycles. The van der Waals surface area contributed by atoms with Crippen LogP contribution in [0.4, 0.5) is 0 Å². The Morgan fingerprint density at radius 2 is 2.00 bits per heavy atom. The molecule has 1 atom stereocenters. The Bertz CT molecular complexity index is 358. The molecule has 0 radical (unpaired) electrons. The number of thiophene rings is 1. The van der Waals surface area contributed by atoms with E-state index in [1.54, 1.807) is 11.3 Å². The summed E-state index contributed by atoms with van der Waals surface area (Å²) in [7, 11) is 0. The first-order chi connectivity index (χ1) is 6.97. The summed E-state index contributed by atoms with van der Waals surface area (Å²) >= 11 is 7.72. The lowest BCUT2D eigenvalue weighted by Gasteiger charge is -2.46. The standard InChI is InChI=1S/C12H17ClOS/c1-11(2)6-3-4-7-12(11,14)10-9(13)5-8-15-10/h5,8,14H,3-4,6-7H2,1-2H3. The third kappa shape index (κ3) is 1.73. The van der Waals surface area contributed by atoms with E-state index in [4.69, 9.17) is 11.6 Å². The van der Waals surface area contributed by atoms with Gasteiger partial charge in [0.15, 0.2) is 0 Å². The van der Waals surface area contributed by atoms with Crippen molar-refractivity contribution in [3.63, 3.8) is 0 Å². The summed E-state index contributed by atoms with van der Waals surface area (Å²) in [4.78, 5) is 0.953. The summed E-state index contributed by atoms with van der Waals surface area (Å²) in [5, 5.41) is 13.5. The second-order valence-corrected chi connectivity index (χ2v) is 6.37. The SMILES string of the molecule is CC1(C)CCCCC1(O)c1sccc1Cl. The molecule has 1 unspecified atom stereocenters. The van der Waals surface area contributed by atoms with E-state index in [1.165, 1.54) is 6.42 Å². The lowest BCUT2D eigenvalue weighted by atomic mass is 9.65. The first-order valence-electron chi connectivity index (χ1n) is 5.43. The molecule has 0 amide bonds. The topological polar surface area (TPSA) is 20.2 Å². The van der Waals surface area contributed by atoms with Crippen LogP contribution in [0.15, 0.2) is 11.4 Å². The molecule has 15 heavy (non-hydrogen) atoms. The second-order valence-electron chi connectivity index (χ2n) is 5.05. The highest BCUT2D eigenvalue weighted by atomic mass is 35.5. The van der Waals surface area contributed by atoms with E-state index in [-0.39, 0.29) is 5.41 Å². The minimum Gasteiger partial charge on any atom is -0.384 e. The second kappa shape index (κ2) is 3.76. The van der Waals surface area contributed by atoms with Gasteiger partial charge in [-0.25, -0.2) is 0 Å². The average molecular weight is 245 g/mol. The molecule has 0 bridgehead atoms. The molecular formula is C12H17ClOS. The number of halogens is 1. The van der Waals surface area contributed by atoms with Crippen molar-refractivity contribution in [3.8, 4) is 0 Å². The highest BCUT2D eigenvalue weighted by molar-refractivity contribution is 7.10. The summed E-state index contributed by atoms with van der Waals surface area (Å²) < 4.78 is 0. The van der Waals surface area contributed by atoms with Crippen LogP contribution in [0.2, 0.25) is 5.02 Å². The molecule has 2 rings (SSSR count). The fraction of sp³-hybridized carbons (Fsp3) is 0.667. The summed E-state index contributed by atoms with van der Waals surface area (Å²) in [6.07, 6.45) is 4.20. The van der Waals surface area contributed by atoms with Gasteiger partial charge in [0.25, 0.3) is 0 Å². The Hall–Kier alpha value is -0.0500. The summed E-state index contributed by atoms with van der Waals surface area (Å²) in [6, 6.07) is 1.88.